The summed E-state index contributed by atoms with van der Waals surface area (Å²) < 4.78 is 0. The normalized spacial score (nSPS) is 33.6. The van der Waals surface area contributed by atoms with Crippen molar-refractivity contribution in [3.63, 3.8) is 0 Å². The van der Waals surface area contributed by atoms with Gasteiger partial charge in [-0.3, -0.25) is 4.79 Å². The highest BCUT2D eigenvalue weighted by Gasteiger charge is 2.29. The first-order valence-electron chi connectivity index (χ1n) is 3.33. The van der Waals surface area contributed by atoms with Crippen molar-refractivity contribution in [3.8, 4) is 0 Å². The minimum atomic E-state index is -0.575. The molecule has 0 spiro atoms. The molecule has 1 rings (SSSR count). The first-order chi connectivity index (χ1) is 4.66. The van der Waals surface area contributed by atoms with E-state index in [2.05, 4.69) is 5.32 Å². The number of hydrogen-bond donors (Lipinski definition) is 3. The van der Waals surface area contributed by atoms with E-state index in [-0.39, 0.29) is 12.5 Å². The van der Waals surface area contributed by atoms with Gasteiger partial charge in [0.1, 0.15) is 0 Å². The second-order valence-electron chi connectivity index (χ2n) is 2.80. The molecular formula is C6H12N2O2. The van der Waals surface area contributed by atoms with Crippen LogP contribution in [0.15, 0.2) is 0 Å². The van der Waals surface area contributed by atoms with Crippen molar-refractivity contribution in [1.82, 2.24) is 5.32 Å². The third-order valence-electron chi connectivity index (χ3n) is 1.80. The summed E-state index contributed by atoms with van der Waals surface area (Å²) in [5.74, 6) is 0.0227. The number of carbonyl (C=O) groups is 1. The van der Waals surface area contributed by atoms with E-state index in [4.69, 9.17) is 10.8 Å². The van der Waals surface area contributed by atoms with E-state index in [0.717, 1.165) is 0 Å². The van der Waals surface area contributed by atoms with Crippen LogP contribution in [-0.4, -0.2) is 29.7 Å². The van der Waals surface area contributed by atoms with Crippen LogP contribution in [0.1, 0.15) is 12.8 Å². The number of amides is 1. The van der Waals surface area contributed by atoms with Crippen molar-refractivity contribution in [1.29, 1.82) is 0 Å². The number of rotatable bonds is 1. The van der Waals surface area contributed by atoms with E-state index in [1.165, 1.54) is 0 Å². The smallest absolute Gasteiger partial charge is 0.220 e. The van der Waals surface area contributed by atoms with Crippen LogP contribution in [0.3, 0.4) is 0 Å². The molecule has 58 valence electrons. The average Bonchev–Trinajstić information content (AvgIpc) is 1.96. The quantitative estimate of drug-likeness (QED) is 0.423. The Kier molecular flexibility index (Phi) is 1.92. The molecule has 1 saturated heterocycles. The van der Waals surface area contributed by atoms with E-state index in [9.17, 15) is 4.79 Å². The fraction of sp³-hybridized carbons (Fsp3) is 0.833. The molecule has 4 nitrogen and oxygen atoms in total. The molecule has 0 bridgehead atoms. The van der Waals surface area contributed by atoms with Crippen molar-refractivity contribution in [2.75, 3.05) is 13.2 Å². The number of aliphatic hydroxyl groups is 1. The standard InChI is InChI=1S/C6H12N2O2/c7-6(4-9)2-1-5(10)8-3-6/h9H,1-4,7H2,(H,8,10). The molecule has 1 aliphatic rings. The highest BCUT2D eigenvalue weighted by molar-refractivity contribution is 5.77. The van der Waals surface area contributed by atoms with Crippen molar-refractivity contribution in [2.24, 2.45) is 5.73 Å². The van der Waals surface area contributed by atoms with Gasteiger partial charge in [0, 0.05) is 13.0 Å². The summed E-state index contributed by atoms with van der Waals surface area (Å²) in [6.07, 6.45) is 1.01. The lowest BCUT2D eigenvalue weighted by atomic mass is 9.92. The number of nitrogens with two attached hydrogens (primary N) is 1. The number of hydrogen-bond acceptors (Lipinski definition) is 3. The third-order valence-corrected chi connectivity index (χ3v) is 1.80. The lowest BCUT2D eigenvalue weighted by molar-refractivity contribution is -0.123. The van der Waals surface area contributed by atoms with Crippen LogP contribution >= 0.6 is 0 Å². The fourth-order valence-electron chi connectivity index (χ4n) is 0.949. The summed E-state index contributed by atoms with van der Waals surface area (Å²) >= 11 is 0. The monoisotopic (exact) mass is 144 g/mol. The maximum atomic E-state index is 10.6. The van der Waals surface area contributed by atoms with Gasteiger partial charge in [-0.25, -0.2) is 0 Å². The van der Waals surface area contributed by atoms with E-state index < -0.39 is 5.54 Å². The Morgan fingerprint density at radius 3 is 2.90 bits per heavy atom. The Morgan fingerprint density at radius 1 is 1.80 bits per heavy atom. The first kappa shape index (κ1) is 7.50. The molecule has 0 aromatic heterocycles. The fourth-order valence-corrected chi connectivity index (χ4v) is 0.949. The number of nitrogens with one attached hydrogen (secondary N) is 1. The van der Waals surface area contributed by atoms with Crippen molar-refractivity contribution >= 4 is 5.91 Å². The second-order valence-corrected chi connectivity index (χ2v) is 2.80. The molecule has 0 aromatic rings. The summed E-state index contributed by atoms with van der Waals surface area (Å²) in [5.41, 5.74) is 5.08. The van der Waals surface area contributed by atoms with Gasteiger partial charge in [-0.1, -0.05) is 0 Å². The van der Waals surface area contributed by atoms with Gasteiger partial charge in [-0.2, -0.15) is 0 Å². The molecule has 0 radical (unpaired) electrons. The predicted molar refractivity (Wildman–Crippen MR) is 36.2 cm³/mol. The molecule has 10 heavy (non-hydrogen) atoms. The molecule has 1 unspecified atom stereocenters. The SMILES string of the molecule is NC1(CO)CCC(=O)NC1. The van der Waals surface area contributed by atoms with Gasteiger partial charge in [-0.05, 0) is 6.42 Å². The molecule has 0 aliphatic carbocycles. The summed E-state index contributed by atoms with van der Waals surface area (Å²) in [5, 5.41) is 11.4. The predicted octanol–water partition coefficient (Wildman–Crippen LogP) is -1.41. The van der Waals surface area contributed by atoms with E-state index in [1.807, 2.05) is 0 Å². The highest BCUT2D eigenvalue weighted by atomic mass is 16.3. The molecule has 4 heteroatoms. The minimum absolute atomic E-state index is 0.0227. The average molecular weight is 144 g/mol. The first-order valence-corrected chi connectivity index (χ1v) is 3.33. The van der Waals surface area contributed by atoms with E-state index in [0.29, 0.717) is 19.4 Å². The molecule has 1 heterocycles. The zero-order valence-electron chi connectivity index (χ0n) is 5.76. The van der Waals surface area contributed by atoms with Crippen molar-refractivity contribution in [2.45, 2.75) is 18.4 Å². The van der Waals surface area contributed by atoms with Crippen molar-refractivity contribution in [3.05, 3.63) is 0 Å². The number of piperidine rings is 1. The zero-order valence-corrected chi connectivity index (χ0v) is 5.76. The van der Waals surface area contributed by atoms with Gasteiger partial charge in [0.2, 0.25) is 5.91 Å². The van der Waals surface area contributed by atoms with Crippen LogP contribution in [-0.2, 0) is 4.79 Å². The molecule has 1 fully saturated rings. The summed E-state index contributed by atoms with van der Waals surface area (Å²) in [4.78, 5) is 10.6. The maximum absolute atomic E-state index is 10.6. The van der Waals surface area contributed by atoms with Crippen LogP contribution in [0.5, 0.6) is 0 Å². The molecule has 1 amide bonds. The Morgan fingerprint density at radius 2 is 2.50 bits per heavy atom. The van der Waals surface area contributed by atoms with E-state index >= 15 is 0 Å². The topological polar surface area (TPSA) is 75.3 Å². The van der Waals surface area contributed by atoms with Crippen LogP contribution in [0, 0.1) is 0 Å². The maximum Gasteiger partial charge on any atom is 0.220 e. The Bertz CT molecular complexity index is 137. The lowest BCUT2D eigenvalue weighted by Crippen LogP contribution is -2.56. The molecule has 1 atom stereocenters. The Labute approximate surface area is 59.4 Å². The molecular weight excluding hydrogens is 132 g/mol. The van der Waals surface area contributed by atoms with Crippen LogP contribution < -0.4 is 11.1 Å². The number of aliphatic hydroxyl groups excluding tert-OH is 1. The Balaban J connectivity index is 2.46. The minimum Gasteiger partial charge on any atom is -0.394 e. The summed E-state index contributed by atoms with van der Waals surface area (Å²) in [6.45, 7) is 0.329. The van der Waals surface area contributed by atoms with Gasteiger partial charge in [0.25, 0.3) is 0 Å². The van der Waals surface area contributed by atoms with Gasteiger partial charge in [-0.15, -0.1) is 0 Å². The lowest BCUT2D eigenvalue weighted by Gasteiger charge is -2.31. The highest BCUT2D eigenvalue weighted by Crippen LogP contribution is 2.11. The molecule has 0 aromatic carbocycles. The molecule has 4 N–H and O–H groups in total. The van der Waals surface area contributed by atoms with Gasteiger partial charge in [0.15, 0.2) is 0 Å². The van der Waals surface area contributed by atoms with Crippen LogP contribution in [0.2, 0.25) is 0 Å². The third kappa shape index (κ3) is 1.46. The Hall–Kier alpha value is -0.610. The second kappa shape index (κ2) is 2.56. The summed E-state index contributed by atoms with van der Waals surface area (Å²) in [6, 6.07) is 0. The van der Waals surface area contributed by atoms with E-state index in [1.54, 1.807) is 0 Å². The van der Waals surface area contributed by atoms with Gasteiger partial charge < -0.3 is 16.2 Å². The summed E-state index contributed by atoms with van der Waals surface area (Å²) in [7, 11) is 0. The van der Waals surface area contributed by atoms with Gasteiger partial charge >= 0.3 is 0 Å². The largest absolute Gasteiger partial charge is 0.394 e. The van der Waals surface area contributed by atoms with Crippen molar-refractivity contribution < 1.29 is 9.90 Å². The van der Waals surface area contributed by atoms with Gasteiger partial charge in [0.05, 0.1) is 12.1 Å². The zero-order chi connectivity index (χ0) is 7.61. The van der Waals surface area contributed by atoms with Crippen LogP contribution in [0.4, 0.5) is 0 Å². The van der Waals surface area contributed by atoms with Crippen LogP contribution in [0.25, 0.3) is 0 Å². The molecule has 1 aliphatic heterocycles. The molecule has 0 saturated carbocycles. The number of carbonyl (C=O) groups excluding carboxylic acids is 1.